The molecule has 0 radical (unpaired) electrons. The van der Waals surface area contributed by atoms with Crippen molar-refractivity contribution in [2.24, 2.45) is 28.2 Å². The lowest BCUT2D eigenvalue weighted by atomic mass is 9.90. The van der Waals surface area contributed by atoms with Gasteiger partial charge in [0.15, 0.2) is 0 Å². The van der Waals surface area contributed by atoms with Crippen LogP contribution in [0.3, 0.4) is 0 Å². The van der Waals surface area contributed by atoms with Crippen LogP contribution in [0.2, 0.25) is 0 Å². The summed E-state index contributed by atoms with van der Waals surface area (Å²) in [6.07, 6.45) is 18.0. The molecule has 19 rings (SSSR count). The molecule has 9 heterocycles. The minimum absolute atomic E-state index is 0.881. The average molecular weight is 1400 g/mol. The Morgan fingerprint density at radius 2 is 0.565 bits per heavy atom. The van der Waals surface area contributed by atoms with Crippen molar-refractivity contribution < 1.29 is 0 Å². The van der Waals surface area contributed by atoms with E-state index < -0.39 is 0 Å². The molecule has 0 atom stereocenters. The summed E-state index contributed by atoms with van der Waals surface area (Å²) in [5.41, 5.74) is 41.3. The lowest BCUT2D eigenvalue weighted by molar-refractivity contribution is 0.720. The molecule has 8 heteroatoms. The first-order valence-corrected chi connectivity index (χ1v) is 39.0. The number of nitrogens with one attached hydrogen (secondary N) is 2. The quantitative estimate of drug-likeness (QED) is 0.106. The van der Waals surface area contributed by atoms with Crippen LogP contribution in [-0.2, 0) is 41.0 Å². The van der Waals surface area contributed by atoms with Crippen LogP contribution in [0.1, 0.15) is 120 Å². The highest BCUT2D eigenvalue weighted by atomic mass is 15.0. The summed E-state index contributed by atoms with van der Waals surface area (Å²) in [6, 6.07) is 73.4. The van der Waals surface area contributed by atoms with E-state index in [1.54, 1.807) is 0 Å². The molecule has 10 aromatic carbocycles. The first-order chi connectivity index (χ1) is 52.7. The molecule has 0 spiro atoms. The van der Waals surface area contributed by atoms with Crippen LogP contribution in [0.15, 0.2) is 194 Å². The lowest BCUT2D eigenvalue weighted by Crippen LogP contribution is -1.99. The third kappa shape index (κ3) is 10.2. The standard InChI is InChI=1S/C100H90N8/c1-13-15-17-31-71-91-67-27-19-23-33-81(67)107(11)99(91)89(93-69-29-21-25-35-83(69)105(9)97(71)93)65-41-37-63(38-42-65)87-73-45-49-77(101-73)95(85-59(5)53-57(3)54-60(85)6)79-51-47-75(103-79)88(76-48-52-80(104-76)96(78-50-46-74(87)102-78)86-61(7)55-58(4)56-62(86)8)64-39-43-66(44-40-64)90-94-70-30-22-26-36-84(70)106(10)98(94)72(32-18-16-14-2)92-68-28-20-24-34-82(68)108(12)100(90)92/h19-30,33-56,101,104H,13-18,31-32H2,1-12H3. The predicted molar refractivity (Wildman–Crippen MR) is 462 cm³/mol. The van der Waals surface area contributed by atoms with Gasteiger partial charge in [0.1, 0.15) is 0 Å². The summed E-state index contributed by atoms with van der Waals surface area (Å²) < 4.78 is 9.89. The molecule has 0 saturated carbocycles. The van der Waals surface area contributed by atoms with E-state index in [0.29, 0.717) is 0 Å². The van der Waals surface area contributed by atoms with E-state index in [9.17, 15) is 0 Å². The van der Waals surface area contributed by atoms with Crippen molar-refractivity contribution in [2.75, 3.05) is 0 Å². The normalized spacial score (nSPS) is 12.5. The summed E-state index contributed by atoms with van der Waals surface area (Å²) in [5, 5.41) is 10.5. The molecule has 8 bridgehead atoms. The molecule has 108 heavy (non-hydrogen) atoms. The first-order valence-electron chi connectivity index (χ1n) is 39.0. The second kappa shape index (κ2) is 25.9. The Morgan fingerprint density at radius 1 is 0.287 bits per heavy atom. The Bertz CT molecular complexity index is 6440. The van der Waals surface area contributed by atoms with Crippen LogP contribution in [-0.4, -0.2) is 38.2 Å². The van der Waals surface area contributed by atoms with Gasteiger partial charge in [-0.2, -0.15) is 0 Å². The van der Waals surface area contributed by atoms with Gasteiger partial charge in [0.05, 0.1) is 44.8 Å². The van der Waals surface area contributed by atoms with Crippen molar-refractivity contribution in [3.8, 4) is 66.8 Å². The monoisotopic (exact) mass is 1400 g/mol. The highest BCUT2D eigenvalue weighted by Gasteiger charge is 2.30. The highest BCUT2D eigenvalue weighted by molar-refractivity contribution is 6.30. The van der Waals surface area contributed by atoms with Crippen molar-refractivity contribution in [1.82, 2.24) is 38.2 Å². The van der Waals surface area contributed by atoms with E-state index in [0.717, 1.165) is 104 Å². The predicted octanol–water partition coefficient (Wildman–Crippen LogP) is 26.6. The summed E-state index contributed by atoms with van der Waals surface area (Å²) in [4.78, 5) is 20.1. The van der Waals surface area contributed by atoms with Gasteiger partial charge in [0.2, 0.25) is 0 Å². The SMILES string of the molecule is CCCCCc1c2c3ccccc3n(C)c2c(-c2ccc(-c3c4nc(c(-c5c(C)cc(C)cc5C)c5ccc([nH]5)c(-c5ccc(-c6c7c8ccccc8n(C)c7c(CCCCC)c7c8ccccc8n(C)c67)cc5)c5nc(c(-c6c(C)cc(C)cc6C)c6ccc3[nH]6)C=C5)C=C4)cc2)c2c3ccccc3n(C)c12. The fourth-order valence-electron chi connectivity index (χ4n) is 19.7. The summed E-state index contributed by atoms with van der Waals surface area (Å²) >= 11 is 0. The number of hydrogen-bond acceptors (Lipinski definition) is 2. The Balaban J connectivity index is 0.865. The molecule has 7 aromatic heterocycles. The number of unbranched alkanes of at least 4 members (excludes halogenated alkanes) is 4. The smallest absolute Gasteiger partial charge is 0.0737 e. The van der Waals surface area contributed by atoms with Crippen molar-refractivity contribution >= 4 is 134 Å². The zero-order valence-electron chi connectivity index (χ0n) is 64.1. The number of aryl methyl sites for hydroxylation is 12. The molecule has 0 amide bonds. The molecule has 2 aliphatic heterocycles. The second-order valence-corrected chi connectivity index (χ2v) is 31.0. The van der Waals surface area contributed by atoms with E-state index in [-0.39, 0.29) is 0 Å². The van der Waals surface area contributed by atoms with Gasteiger partial charge in [-0.25, -0.2) is 9.97 Å². The first kappa shape index (κ1) is 66.7. The van der Waals surface area contributed by atoms with Gasteiger partial charge in [-0.15, -0.1) is 0 Å². The second-order valence-electron chi connectivity index (χ2n) is 31.0. The summed E-state index contributed by atoms with van der Waals surface area (Å²) in [7, 11) is 9.11. The third-order valence-corrected chi connectivity index (χ3v) is 24.2. The summed E-state index contributed by atoms with van der Waals surface area (Å²) in [6.45, 7) is 18.0. The number of para-hydroxylation sites is 4. The minimum atomic E-state index is 0.881. The zero-order chi connectivity index (χ0) is 73.7. The molecule has 0 aliphatic carbocycles. The Hall–Kier alpha value is -12.0. The van der Waals surface area contributed by atoms with Gasteiger partial charge in [-0.3, -0.25) is 0 Å². The van der Waals surface area contributed by atoms with Gasteiger partial charge in [-0.1, -0.05) is 196 Å². The maximum atomic E-state index is 5.90. The number of aromatic nitrogens is 8. The Kier molecular flexibility index (Phi) is 16.0. The number of benzene rings is 10. The lowest BCUT2D eigenvalue weighted by Gasteiger charge is -2.16. The van der Waals surface area contributed by atoms with Gasteiger partial charge < -0.3 is 28.2 Å². The van der Waals surface area contributed by atoms with Gasteiger partial charge in [0.25, 0.3) is 0 Å². The minimum Gasteiger partial charge on any atom is -0.354 e. The molecular weight excluding hydrogens is 1310 g/mol. The van der Waals surface area contributed by atoms with Crippen LogP contribution in [0.25, 0.3) is 200 Å². The van der Waals surface area contributed by atoms with E-state index in [1.807, 2.05) is 0 Å². The van der Waals surface area contributed by atoms with Crippen molar-refractivity contribution in [1.29, 1.82) is 0 Å². The Labute approximate surface area is 631 Å². The van der Waals surface area contributed by atoms with E-state index in [4.69, 9.17) is 9.97 Å². The number of hydrogen-bond donors (Lipinski definition) is 2. The van der Waals surface area contributed by atoms with Gasteiger partial charge in [-0.05, 0) is 207 Å². The van der Waals surface area contributed by atoms with Gasteiger partial charge >= 0.3 is 0 Å². The van der Waals surface area contributed by atoms with Crippen molar-refractivity contribution in [3.63, 3.8) is 0 Å². The van der Waals surface area contributed by atoms with Gasteiger partial charge in [0, 0.05) is 149 Å². The molecule has 530 valence electrons. The van der Waals surface area contributed by atoms with Crippen LogP contribution in [0, 0.1) is 41.5 Å². The van der Waals surface area contributed by atoms with E-state index >= 15 is 0 Å². The summed E-state index contributed by atoms with van der Waals surface area (Å²) in [5.74, 6) is 0. The molecule has 0 unspecified atom stereocenters. The number of fused-ring (bicyclic) bond motifs is 20. The van der Waals surface area contributed by atoms with E-state index in [1.165, 1.54) is 191 Å². The molecule has 17 aromatic rings. The molecule has 2 aliphatic rings. The Morgan fingerprint density at radius 3 is 0.889 bits per heavy atom. The molecule has 0 saturated heterocycles. The number of H-pyrrole nitrogens is 2. The molecule has 8 nitrogen and oxygen atoms in total. The van der Waals surface area contributed by atoms with Crippen molar-refractivity contribution in [3.05, 3.63) is 261 Å². The van der Waals surface area contributed by atoms with Crippen LogP contribution >= 0.6 is 0 Å². The maximum Gasteiger partial charge on any atom is 0.0737 e. The zero-order valence-corrected chi connectivity index (χ0v) is 64.1. The van der Waals surface area contributed by atoms with Crippen molar-refractivity contribution in [2.45, 2.75) is 107 Å². The van der Waals surface area contributed by atoms with Crippen LogP contribution in [0.5, 0.6) is 0 Å². The number of aromatic amines is 2. The molecule has 0 fully saturated rings. The average Bonchev–Trinajstić information content (AvgIpc) is 1.54. The largest absolute Gasteiger partial charge is 0.354 e. The fourth-order valence-corrected chi connectivity index (χ4v) is 19.7. The number of rotatable bonds is 14. The topological polar surface area (TPSA) is 77.1 Å². The van der Waals surface area contributed by atoms with Crippen LogP contribution < -0.4 is 0 Å². The third-order valence-electron chi connectivity index (χ3n) is 24.2. The highest BCUT2D eigenvalue weighted by Crippen LogP contribution is 2.51. The number of nitrogens with zero attached hydrogens (tertiary/aromatic N) is 6. The van der Waals surface area contributed by atoms with Crippen LogP contribution in [0.4, 0.5) is 0 Å². The maximum absolute atomic E-state index is 5.90. The molecule has 2 N–H and O–H groups in total. The molecular formula is C100H90N8. The fraction of sp³-hybridized carbons (Fsp3) is 0.200. The van der Waals surface area contributed by atoms with E-state index in [2.05, 4.69) is 330 Å².